The number of benzene rings is 2. The molecule has 0 aromatic heterocycles. The number of amides is 1. The van der Waals surface area contributed by atoms with Crippen molar-refractivity contribution in [2.24, 2.45) is 0 Å². The summed E-state index contributed by atoms with van der Waals surface area (Å²) >= 11 is 11.7. The Balaban J connectivity index is 1.98. The van der Waals surface area contributed by atoms with Crippen molar-refractivity contribution in [2.45, 2.75) is 6.54 Å². The Morgan fingerprint density at radius 2 is 1.92 bits per heavy atom. The minimum atomic E-state index is -0.540. The van der Waals surface area contributed by atoms with Crippen LogP contribution >= 0.6 is 23.2 Å². The zero-order chi connectivity index (χ0) is 17.5. The fourth-order valence-electron chi connectivity index (χ4n) is 1.83. The number of nitriles is 1. The first-order valence-electron chi connectivity index (χ1n) is 6.94. The highest BCUT2D eigenvalue weighted by molar-refractivity contribution is 6.33. The number of rotatable bonds is 5. The number of carbonyl (C=O) groups excluding carboxylic acids is 1. The molecule has 0 aliphatic rings. The van der Waals surface area contributed by atoms with Gasteiger partial charge in [-0.1, -0.05) is 35.3 Å². The SMILES string of the molecule is N#C/C(=C/NCc1ccc(Cl)cc1)C(=O)Nc1ccc(N)c(Cl)c1. The van der Waals surface area contributed by atoms with Crippen LogP contribution in [0.5, 0.6) is 0 Å². The van der Waals surface area contributed by atoms with Gasteiger partial charge in [-0.05, 0) is 35.9 Å². The summed E-state index contributed by atoms with van der Waals surface area (Å²) in [6.45, 7) is 0.462. The first-order valence-corrected chi connectivity index (χ1v) is 7.69. The summed E-state index contributed by atoms with van der Waals surface area (Å²) < 4.78 is 0. The third kappa shape index (κ3) is 4.92. The summed E-state index contributed by atoms with van der Waals surface area (Å²) in [5.74, 6) is -0.540. The van der Waals surface area contributed by atoms with E-state index in [1.165, 1.54) is 12.3 Å². The fraction of sp³-hybridized carbons (Fsp3) is 0.0588. The summed E-state index contributed by atoms with van der Waals surface area (Å²) in [5.41, 5.74) is 7.39. The molecule has 0 unspecified atom stereocenters. The molecule has 1 amide bonds. The maximum atomic E-state index is 12.1. The van der Waals surface area contributed by atoms with Crippen LogP contribution in [0.2, 0.25) is 10.0 Å². The molecule has 0 bridgehead atoms. The number of nitrogens with one attached hydrogen (secondary N) is 2. The van der Waals surface area contributed by atoms with Gasteiger partial charge < -0.3 is 16.4 Å². The van der Waals surface area contributed by atoms with Gasteiger partial charge in [0.15, 0.2) is 0 Å². The number of nitrogen functional groups attached to an aromatic ring is 1. The van der Waals surface area contributed by atoms with Crippen LogP contribution < -0.4 is 16.4 Å². The normalized spacial score (nSPS) is 10.8. The molecule has 0 radical (unpaired) electrons. The Morgan fingerprint density at radius 1 is 1.21 bits per heavy atom. The monoisotopic (exact) mass is 360 g/mol. The van der Waals surface area contributed by atoms with E-state index in [-0.39, 0.29) is 5.57 Å². The highest BCUT2D eigenvalue weighted by Crippen LogP contribution is 2.22. The van der Waals surface area contributed by atoms with E-state index in [0.717, 1.165) is 5.56 Å². The number of nitrogens with two attached hydrogens (primary N) is 1. The van der Waals surface area contributed by atoms with Crippen molar-refractivity contribution in [1.29, 1.82) is 5.26 Å². The third-order valence-corrected chi connectivity index (χ3v) is 3.67. The van der Waals surface area contributed by atoms with Gasteiger partial charge >= 0.3 is 0 Å². The van der Waals surface area contributed by atoms with Crippen molar-refractivity contribution in [2.75, 3.05) is 11.1 Å². The van der Waals surface area contributed by atoms with Gasteiger partial charge in [-0.25, -0.2) is 0 Å². The molecule has 24 heavy (non-hydrogen) atoms. The molecular formula is C17H14Cl2N4O. The standard InChI is InChI=1S/C17H14Cl2N4O/c18-13-3-1-11(2-4-13)9-22-10-12(8-20)17(24)23-14-5-6-16(21)15(19)7-14/h1-7,10,22H,9,21H2,(H,23,24)/b12-10-. The Kier molecular flexibility index (Phi) is 6.07. The molecule has 2 aromatic carbocycles. The molecule has 0 fully saturated rings. The van der Waals surface area contributed by atoms with Gasteiger partial charge in [0.1, 0.15) is 11.6 Å². The molecule has 4 N–H and O–H groups in total. The average Bonchev–Trinajstić information content (AvgIpc) is 2.56. The van der Waals surface area contributed by atoms with Crippen molar-refractivity contribution in [3.05, 3.63) is 69.8 Å². The van der Waals surface area contributed by atoms with Crippen molar-refractivity contribution in [1.82, 2.24) is 5.32 Å². The average molecular weight is 361 g/mol. The van der Waals surface area contributed by atoms with E-state index in [0.29, 0.717) is 28.0 Å². The lowest BCUT2D eigenvalue weighted by Crippen LogP contribution is -2.16. The molecule has 0 heterocycles. The number of carbonyl (C=O) groups is 1. The second-order valence-corrected chi connectivity index (χ2v) is 5.71. The van der Waals surface area contributed by atoms with Crippen LogP contribution in [0.4, 0.5) is 11.4 Å². The molecule has 5 nitrogen and oxygen atoms in total. The van der Waals surface area contributed by atoms with Crippen molar-refractivity contribution >= 4 is 40.5 Å². The Labute approximate surface area is 149 Å². The van der Waals surface area contributed by atoms with Crippen LogP contribution in [-0.2, 0) is 11.3 Å². The number of hydrogen-bond donors (Lipinski definition) is 3. The topological polar surface area (TPSA) is 90.9 Å². The minimum Gasteiger partial charge on any atom is -0.398 e. The molecule has 0 saturated heterocycles. The van der Waals surface area contributed by atoms with E-state index in [4.69, 9.17) is 34.2 Å². The predicted molar refractivity (Wildman–Crippen MR) is 96.5 cm³/mol. The zero-order valence-electron chi connectivity index (χ0n) is 12.5. The molecule has 2 aromatic rings. The summed E-state index contributed by atoms with van der Waals surface area (Å²) in [7, 11) is 0. The zero-order valence-corrected chi connectivity index (χ0v) is 14.0. The second kappa shape index (κ2) is 8.25. The smallest absolute Gasteiger partial charge is 0.267 e. The first-order chi connectivity index (χ1) is 11.5. The number of halogens is 2. The maximum Gasteiger partial charge on any atom is 0.267 e. The number of hydrogen-bond acceptors (Lipinski definition) is 4. The lowest BCUT2D eigenvalue weighted by Gasteiger charge is -2.07. The van der Waals surface area contributed by atoms with E-state index < -0.39 is 5.91 Å². The van der Waals surface area contributed by atoms with E-state index in [2.05, 4.69) is 10.6 Å². The Morgan fingerprint density at radius 3 is 2.54 bits per heavy atom. The van der Waals surface area contributed by atoms with Gasteiger partial charge in [0, 0.05) is 23.5 Å². The highest BCUT2D eigenvalue weighted by Gasteiger charge is 2.10. The minimum absolute atomic E-state index is 0.0584. The predicted octanol–water partition coefficient (Wildman–Crippen LogP) is 3.71. The molecular weight excluding hydrogens is 347 g/mol. The fourth-order valence-corrected chi connectivity index (χ4v) is 2.13. The van der Waals surface area contributed by atoms with E-state index in [1.807, 2.05) is 18.2 Å². The third-order valence-electron chi connectivity index (χ3n) is 3.09. The maximum absolute atomic E-state index is 12.1. The molecule has 0 spiro atoms. The van der Waals surface area contributed by atoms with Crippen LogP contribution in [-0.4, -0.2) is 5.91 Å². The van der Waals surface area contributed by atoms with Crippen LogP contribution in [0.15, 0.2) is 54.2 Å². The van der Waals surface area contributed by atoms with Crippen LogP contribution in [0.25, 0.3) is 0 Å². The summed E-state index contributed by atoms with van der Waals surface area (Å²) in [6.07, 6.45) is 1.36. The van der Waals surface area contributed by atoms with Crippen molar-refractivity contribution in [3.8, 4) is 6.07 Å². The molecule has 0 atom stereocenters. The van der Waals surface area contributed by atoms with E-state index >= 15 is 0 Å². The van der Waals surface area contributed by atoms with E-state index in [1.54, 1.807) is 24.3 Å². The molecule has 0 aliphatic heterocycles. The van der Waals surface area contributed by atoms with Crippen LogP contribution in [0.1, 0.15) is 5.56 Å². The lowest BCUT2D eigenvalue weighted by molar-refractivity contribution is -0.112. The van der Waals surface area contributed by atoms with Gasteiger partial charge in [0.2, 0.25) is 0 Å². The Bertz CT molecular complexity index is 810. The largest absolute Gasteiger partial charge is 0.398 e. The van der Waals surface area contributed by atoms with Gasteiger partial charge in [-0.3, -0.25) is 4.79 Å². The second-order valence-electron chi connectivity index (χ2n) is 4.87. The highest BCUT2D eigenvalue weighted by atomic mass is 35.5. The summed E-state index contributed by atoms with van der Waals surface area (Å²) in [4.78, 5) is 12.1. The van der Waals surface area contributed by atoms with Crippen molar-refractivity contribution < 1.29 is 4.79 Å². The molecule has 0 saturated carbocycles. The lowest BCUT2D eigenvalue weighted by atomic mass is 10.2. The van der Waals surface area contributed by atoms with Crippen LogP contribution in [0.3, 0.4) is 0 Å². The van der Waals surface area contributed by atoms with Gasteiger partial charge in [0.05, 0.1) is 10.7 Å². The van der Waals surface area contributed by atoms with Gasteiger partial charge in [-0.2, -0.15) is 5.26 Å². The summed E-state index contributed by atoms with van der Waals surface area (Å²) in [6, 6.07) is 13.8. The number of anilines is 2. The molecule has 7 heteroatoms. The van der Waals surface area contributed by atoms with Crippen molar-refractivity contribution in [3.63, 3.8) is 0 Å². The van der Waals surface area contributed by atoms with E-state index in [9.17, 15) is 4.79 Å². The molecule has 122 valence electrons. The van der Waals surface area contributed by atoms with Gasteiger partial charge in [0.25, 0.3) is 5.91 Å². The number of nitrogens with zero attached hydrogens (tertiary/aromatic N) is 1. The van der Waals surface area contributed by atoms with Crippen LogP contribution in [0, 0.1) is 11.3 Å². The first kappa shape index (κ1) is 17.7. The summed E-state index contributed by atoms with van der Waals surface area (Å²) in [5, 5.41) is 15.6. The quantitative estimate of drug-likeness (QED) is 0.430. The molecule has 0 aliphatic carbocycles. The Hall–Kier alpha value is -2.68. The molecule has 2 rings (SSSR count). The van der Waals surface area contributed by atoms with Gasteiger partial charge in [-0.15, -0.1) is 0 Å².